The second-order valence-corrected chi connectivity index (χ2v) is 6.52. The average molecular weight is 335 g/mol. The van der Waals surface area contributed by atoms with Crippen LogP contribution in [0.2, 0.25) is 0 Å². The van der Waals surface area contributed by atoms with Crippen molar-refractivity contribution in [3.63, 3.8) is 0 Å². The Bertz CT molecular complexity index is 932. The zero-order valence-electron chi connectivity index (χ0n) is 14.5. The summed E-state index contributed by atoms with van der Waals surface area (Å²) < 4.78 is 2.01. The number of hydrogen-bond donors (Lipinski definition) is 0. The van der Waals surface area contributed by atoms with Crippen molar-refractivity contribution in [2.24, 2.45) is 0 Å². The summed E-state index contributed by atoms with van der Waals surface area (Å²) in [6.07, 6.45) is 6.05. The van der Waals surface area contributed by atoms with Crippen molar-refractivity contribution in [3.8, 4) is 0 Å². The minimum absolute atomic E-state index is 0.0497. The number of amides is 1. The maximum absolute atomic E-state index is 13.0. The minimum Gasteiger partial charge on any atom is -0.334 e. The van der Waals surface area contributed by atoms with Gasteiger partial charge in [0, 0.05) is 18.9 Å². The molecule has 1 saturated heterocycles. The third-order valence-electron chi connectivity index (χ3n) is 4.86. The molecule has 3 aromatic heterocycles. The van der Waals surface area contributed by atoms with Gasteiger partial charge in [0.25, 0.3) is 0 Å². The summed E-state index contributed by atoms with van der Waals surface area (Å²) in [5, 5.41) is 0. The summed E-state index contributed by atoms with van der Waals surface area (Å²) >= 11 is 0. The molecule has 0 unspecified atom stereocenters. The largest absolute Gasteiger partial charge is 0.334 e. The molecule has 0 saturated carbocycles. The van der Waals surface area contributed by atoms with Crippen LogP contribution in [0.5, 0.6) is 0 Å². The summed E-state index contributed by atoms with van der Waals surface area (Å²) in [7, 11) is 0. The van der Waals surface area contributed by atoms with Gasteiger partial charge >= 0.3 is 0 Å². The summed E-state index contributed by atoms with van der Waals surface area (Å²) in [5.41, 5.74) is 3.69. The number of nitrogens with zero attached hydrogens (tertiary/aromatic N) is 5. The Morgan fingerprint density at radius 3 is 2.96 bits per heavy atom. The number of carbonyl (C=O) groups excluding carboxylic acids is 1. The first kappa shape index (κ1) is 15.7. The molecule has 25 heavy (non-hydrogen) atoms. The number of rotatable bonds is 3. The number of pyridine rings is 1. The molecule has 0 aliphatic carbocycles. The zero-order valence-corrected chi connectivity index (χ0v) is 14.5. The van der Waals surface area contributed by atoms with E-state index in [1.807, 2.05) is 53.6 Å². The number of aromatic nitrogens is 4. The first-order valence-corrected chi connectivity index (χ1v) is 8.65. The van der Waals surface area contributed by atoms with Crippen LogP contribution in [0.4, 0.5) is 0 Å². The molecule has 0 N–H and O–H groups in total. The Morgan fingerprint density at radius 1 is 1.24 bits per heavy atom. The molecule has 0 bridgehead atoms. The van der Waals surface area contributed by atoms with Crippen molar-refractivity contribution in [1.29, 1.82) is 0 Å². The first-order valence-electron chi connectivity index (χ1n) is 8.65. The van der Waals surface area contributed by atoms with Gasteiger partial charge in [0.05, 0.1) is 29.5 Å². The molecule has 6 nitrogen and oxygen atoms in total. The highest BCUT2D eigenvalue weighted by molar-refractivity contribution is 5.79. The van der Waals surface area contributed by atoms with Gasteiger partial charge in [0.1, 0.15) is 11.5 Å². The van der Waals surface area contributed by atoms with Crippen molar-refractivity contribution >= 4 is 11.6 Å². The fraction of sp³-hybridized carbons (Fsp3) is 0.368. The second-order valence-electron chi connectivity index (χ2n) is 6.52. The van der Waals surface area contributed by atoms with Crippen LogP contribution in [-0.2, 0) is 11.2 Å². The molecule has 0 spiro atoms. The van der Waals surface area contributed by atoms with E-state index in [9.17, 15) is 4.79 Å². The van der Waals surface area contributed by atoms with E-state index in [-0.39, 0.29) is 11.9 Å². The van der Waals surface area contributed by atoms with Crippen LogP contribution in [0, 0.1) is 13.8 Å². The zero-order chi connectivity index (χ0) is 17.4. The minimum atomic E-state index is 0.0497. The van der Waals surface area contributed by atoms with Gasteiger partial charge < -0.3 is 9.30 Å². The Kier molecular flexibility index (Phi) is 3.95. The molecule has 0 radical (unpaired) electrons. The Hall–Kier alpha value is -2.76. The number of fused-ring (bicyclic) bond motifs is 1. The highest BCUT2D eigenvalue weighted by Gasteiger charge is 2.31. The Balaban J connectivity index is 1.60. The maximum Gasteiger partial charge on any atom is 0.229 e. The summed E-state index contributed by atoms with van der Waals surface area (Å²) in [6.45, 7) is 4.62. The SMILES string of the molecule is Cc1nccc([C@H]2CCCN2C(=O)Cc2c(C)nc3ccccn23)n1. The second kappa shape index (κ2) is 6.27. The van der Waals surface area contributed by atoms with Crippen LogP contribution in [0.1, 0.15) is 41.8 Å². The normalized spacial score (nSPS) is 17.4. The van der Waals surface area contributed by atoms with Gasteiger partial charge in [-0.2, -0.15) is 0 Å². The average Bonchev–Trinajstić information content (AvgIpc) is 3.20. The van der Waals surface area contributed by atoms with Gasteiger partial charge in [0.15, 0.2) is 0 Å². The molecule has 6 heteroatoms. The first-order chi connectivity index (χ1) is 12.1. The van der Waals surface area contributed by atoms with Crippen molar-refractivity contribution in [2.75, 3.05) is 6.54 Å². The van der Waals surface area contributed by atoms with Gasteiger partial charge in [-0.3, -0.25) is 4.79 Å². The van der Waals surface area contributed by atoms with Crippen LogP contribution in [0.25, 0.3) is 5.65 Å². The van der Waals surface area contributed by atoms with Crippen LogP contribution in [0.3, 0.4) is 0 Å². The van der Waals surface area contributed by atoms with E-state index in [2.05, 4.69) is 15.0 Å². The molecular formula is C19H21N5O. The number of imidazole rings is 1. The molecule has 128 valence electrons. The molecule has 1 aliphatic rings. The van der Waals surface area contributed by atoms with E-state index in [4.69, 9.17) is 0 Å². The third kappa shape index (κ3) is 2.88. The van der Waals surface area contributed by atoms with Crippen molar-refractivity contribution in [2.45, 2.75) is 39.2 Å². The van der Waals surface area contributed by atoms with Crippen LogP contribution in [-0.4, -0.2) is 36.7 Å². The lowest BCUT2D eigenvalue weighted by molar-refractivity contribution is -0.131. The van der Waals surface area contributed by atoms with E-state index >= 15 is 0 Å². The lowest BCUT2D eigenvalue weighted by Crippen LogP contribution is -2.32. The van der Waals surface area contributed by atoms with Crippen molar-refractivity contribution in [3.05, 3.63) is 59.6 Å². The predicted molar refractivity (Wildman–Crippen MR) is 94.1 cm³/mol. The van der Waals surface area contributed by atoms with Crippen LogP contribution < -0.4 is 0 Å². The fourth-order valence-corrected chi connectivity index (χ4v) is 3.65. The number of carbonyl (C=O) groups is 1. The monoisotopic (exact) mass is 335 g/mol. The number of hydrogen-bond acceptors (Lipinski definition) is 4. The summed E-state index contributed by atoms with van der Waals surface area (Å²) in [6, 6.07) is 7.85. The maximum atomic E-state index is 13.0. The smallest absolute Gasteiger partial charge is 0.229 e. The van der Waals surface area contributed by atoms with Gasteiger partial charge in [-0.25, -0.2) is 15.0 Å². The molecule has 1 atom stereocenters. The van der Waals surface area contributed by atoms with Gasteiger partial charge in [-0.15, -0.1) is 0 Å². The Morgan fingerprint density at radius 2 is 2.12 bits per heavy atom. The standard InChI is InChI=1S/C19H21N5O/c1-13-17(23-10-4-3-7-18(23)21-13)12-19(25)24-11-5-6-16(24)15-8-9-20-14(2)22-15/h3-4,7-10,16H,5-6,11-12H2,1-2H3/t16-/m1/s1. The van der Waals surface area contributed by atoms with Crippen LogP contribution >= 0.6 is 0 Å². The van der Waals surface area contributed by atoms with E-state index in [1.165, 1.54) is 0 Å². The highest BCUT2D eigenvalue weighted by atomic mass is 16.2. The lowest BCUT2D eigenvalue weighted by atomic mass is 10.1. The fourth-order valence-electron chi connectivity index (χ4n) is 3.65. The molecule has 1 aliphatic heterocycles. The molecule has 3 aromatic rings. The van der Waals surface area contributed by atoms with E-state index in [0.717, 1.165) is 47.9 Å². The molecule has 4 rings (SSSR count). The van der Waals surface area contributed by atoms with E-state index in [1.54, 1.807) is 6.20 Å². The van der Waals surface area contributed by atoms with Gasteiger partial charge in [-0.1, -0.05) is 6.07 Å². The third-order valence-corrected chi connectivity index (χ3v) is 4.86. The van der Waals surface area contributed by atoms with Crippen molar-refractivity contribution in [1.82, 2.24) is 24.3 Å². The Labute approximate surface area is 146 Å². The highest BCUT2D eigenvalue weighted by Crippen LogP contribution is 2.31. The van der Waals surface area contributed by atoms with Gasteiger partial charge in [-0.05, 0) is 44.9 Å². The topological polar surface area (TPSA) is 63.4 Å². The summed E-state index contributed by atoms with van der Waals surface area (Å²) in [5.74, 6) is 0.877. The molecule has 4 heterocycles. The van der Waals surface area contributed by atoms with Crippen LogP contribution in [0.15, 0.2) is 36.7 Å². The van der Waals surface area contributed by atoms with E-state index < -0.39 is 0 Å². The number of aryl methyl sites for hydroxylation is 2. The predicted octanol–water partition coefficient (Wildman–Crippen LogP) is 2.65. The molecule has 1 amide bonds. The number of likely N-dealkylation sites (tertiary alicyclic amines) is 1. The van der Waals surface area contributed by atoms with E-state index in [0.29, 0.717) is 6.42 Å². The lowest BCUT2D eigenvalue weighted by Gasteiger charge is -2.24. The molecular weight excluding hydrogens is 314 g/mol. The quantitative estimate of drug-likeness (QED) is 0.738. The molecule has 1 fully saturated rings. The summed E-state index contributed by atoms with van der Waals surface area (Å²) in [4.78, 5) is 28.2. The van der Waals surface area contributed by atoms with Crippen molar-refractivity contribution < 1.29 is 4.79 Å². The molecule has 0 aromatic carbocycles. The van der Waals surface area contributed by atoms with Gasteiger partial charge in [0.2, 0.25) is 5.91 Å².